The molecule has 1 saturated heterocycles. The maximum absolute atomic E-state index is 13.2. The van der Waals surface area contributed by atoms with Gasteiger partial charge in [0, 0.05) is 31.7 Å². The van der Waals surface area contributed by atoms with Gasteiger partial charge in [0.05, 0.1) is 10.6 Å². The van der Waals surface area contributed by atoms with E-state index in [9.17, 15) is 8.42 Å². The van der Waals surface area contributed by atoms with Crippen LogP contribution in [-0.2, 0) is 10.0 Å². The number of anilines is 1. The van der Waals surface area contributed by atoms with Crippen LogP contribution in [-0.4, -0.2) is 49.1 Å². The second kappa shape index (κ2) is 8.64. The fourth-order valence-electron chi connectivity index (χ4n) is 4.16. The molecule has 1 aliphatic heterocycles. The lowest BCUT2D eigenvalue weighted by atomic mass is 9.99. The molecule has 1 aliphatic rings. The van der Waals surface area contributed by atoms with Gasteiger partial charge in [0.25, 0.3) is 0 Å². The van der Waals surface area contributed by atoms with Crippen molar-refractivity contribution in [3.05, 3.63) is 70.3 Å². The van der Waals surface area contributed by atoms with Crippen LogP contribution in [0.15, 0.2) is 47.4 Å². The molecule has 6 nitrogen and oxygen atoms in total. The van der Waals surface area contributed by atoms with Gasteiger partial charge in [0.15, 0.2) is 5.82 Å². The van der Waals surface area contributed by atoms with E-state index in [1.54, 1.807) is 10.4 Å². The van der Waals surface area contributed by atoms with Crippen molar-refractivity contribution in [1.82, 2.24) is 14.5 Å². The zero-order valence-electron chi connectivity index (χ0n) is 19.4. The number of aromatic nitrogens is 2. The summed E-state index contributed by atoms with van der Waals surface area (Å²) in [7, 11) is -3.51. The van der Waals surface area contributed by atoms with Crippen LogP contribution >= 0.6 is 0 Å². The van der Waals surface area contributed by atoms with Crippen LogP contribution < -0.4 is 4.90 Å². The number of aryl methyl sites for hydroxylation is 5. The molecular formula is C25H30N4O2S. The summed E-state index contributed by atoms with van der Waals surface area (Å²) in [6.45, 7) is 12.1. The Kier molecular flexibility index (Phi) is 6.05. The molecule has 32 heavy (non-hydrogen) atoms. The van der Waals surface area contributed by atoms with Crippen molar-refractivity contribution in [2.75, 3.05) is 31.1 Å². The maximum Gasteiger partial charge on any atom is 0.243 e. The molecule has 168 valence electrons. The normalized spacial score (nSPS) is 15.2. The minimum absolute atomic E-state index is 0.402. The summed E-state index contributed by atoms with van der Waals surface area (Å²) >= 11 is 0. The molecule has 1 aromatic heterocycles. The van der Waals surface area contributed by atoms with Gasteiger partial charge in [-0.25, -0.2) is 8.42 Å². The summed E-state index contributed by atoms with van der Waals surface area (Å²) in [5, 5.41) is 8.92. The average molecular weight is 451 g/mol. The van der Waals surface area contributed by atoms with Gasteiger partial charge < -0.3 is 4.90 Å². The highest BCUT2D eigenvalue weighted by Crippen LogP contribution is 2.27. The number of nitrogens with zero attached hydrogens (tertiary/aromatic N) is 4. The van der Waals surface area contributed by atoms with E-state index >= 15 is 0 Å². The van der Waals surface area contributed by atoms with Gasteiger partial charge in [-0.2, -0.15) is 4.31 Å². The Hall–Kier alpha value is -2.77. The average Bonchev–Trinajstić information content (AvgIpc) is 2.78. The summed E-state index contributed by atoms with van der Waals surface area (Å²) in [4.78, 5) is 2.50. The van der Waals surface area contributed by atoms with Gasteiger partial charge in [-0.05, 0) is 86.7 Å². The first kappa shape index (κ1) is 22.4. The quantitative estimate of drug-likeness (QED) is 0.596. The first-order valence-electron chi connectivity index (χ1n) is 10.9. The van der Waals surface area contributed by atoms with Crippen LogP contribution in [0.3, 0.4) is 0 Å². The first-order chi connectivity index (χ1) is 15.2. The zero-order chi connectivity index (χ0) is 23.0. The molecule has 0 bridgehead atoms. The Morgan fingerprint density at radius 3 is 2.06 bits per heavy atom. The van der Waals surface area contributed by atoms with Gasteiger partial charge in [0.1, 0.15) is 0 Å². The third kappa shape index (κ3) is 4.27. The molecule has 4 rings (SSSR count). The second-order valence-electron chi connectivity index (χ2n) is 8.69. The molecule has 0 radical (unpaired) electrons. The highest BCUT2D eigenvalue weighted by molar-refractivity contribution is 7.89. The molecule has 7 heteroatoms. The van der Waals surface area contributed by atoms with E-state index in [1.165, 1.54) is 16.7 Å². The van der Waals surface area contributed by atoms with Crippen molar-refractivity contribution in [1.29, 1.82) is 0 Å². The lowest BCUT2D eigenvalue weighted by molar-refractivity contribution is 0.383. The summed E-state index contributed by atoms with van der Waals surface area (Å²) in [6.07, 6.45) is 0. The van der Waals surface area contributed by atoms with Crippen molar-refractivity contribution in [3.8, 4) is 11.3 Å². The topological polar surface area (TPSA) is 66.4 Å². The summed E-state index contributed by atoms with van der Waals surface area (Å²) < 4.78 is 27.9. The first-order valence-corrected chi connectivity index (χ1v) is 12.3. The van der Waals surface area contributed by atoms with Crippen LogP contribution in [0, 0.1) is 34.6 Å². The maximum atomic E-state index is 13.2. The Morgan fingerprint density at radius 2 is 1.41 bits per heavy atom. The van der Waals surface area contributed by atoms with E-state index < -0.39 is 10.0 Å². The highest BCUT2D eigenvalue weighted by Gasteiger charge is 2.30. The zero-order valence-corrected chi connectivity index (χ0v) is 20.2. The smallest absolute Gasteiger partial charge is 0.243 e. The predicted octanol–water partition coefficient (Wildman–Crippen LogP) is 4.20. The van der Waals surface area contributed by atoms with E-state index in [0.29, 0.717) is 31.1 Å². The van der Waals surface area contributed by atoms with Crippen molar-refractivity contribution in [3.63, 3.8) is 0 Å². The molecule has 0 amide bonds. The van der Waals surface area contributed by atoms with Crippen molar-refractivity contribution in [2.45, 2.75) is 39.5 Å². The number of sulfonamides is 1. The standard InChI is InChI=1S/C25H30N4O2S/c1-17-6-7-18(2)24(14-17)32(30,31)29-12-10-28(11-13-29)25-9-8-23(26-27-25)22-16-20(4)19(3)15-21(22)5/h6-9,14-16H,10-13H2,1-5H3. The second-order valence-corrected chi connectivity index (χ2v) is 10.6. The molecule has 3 aromatic rings. The van der Waals surface area contributed by atoms with Gasteiger partial charge in [-0.1, -0.05) is 18.2 Å². The van der Waals surface area contributed by atoms with Gasteiger partial charge in [-0.15, -0.1) is 10.2 Å². The van der Waals surface area contributed by atoms with Crippen molar-refractivity contribution in [2.24, 2.45) is 0 Å². The van der Waals surface area contributed by atoms with E-state index in [0.717, 1.165) is 28.2 Å². The Balaban J connectivity index is 1.48. The van der Waals surface area contributed by atoms with Crippen LogP contribution in [0.4, 0.5) is 5.82 Å². The van der Waals surface area contributed by atoms with Crippen LogP contribution in [0.25, 0.3) is 11.3 Å². The van der Waals surface area contributed by atoms with Crippen molar-refractivity contribution >= 4 is 15.8 Å². The largest absolute Gasteiger partial charge is 0.352 e. The SMILES string of the molecule is Cc1ccc(C)c(S(=O)(=O)N2CCN(c3ccc(-c4cc(C)c(C)cc4C)nn3)CC2)c1. The summed E-state index contributed by atoms with van der Waals surface area (Å²) in [5.41, 5.74) is 7.35. The van der Waals surface area contributed by atoms with Crippen LogP contribution in [0.5, 0.6) is 0 Å². The Labute approximate surface area is 191 Å². The number of piperazine rings is 1. The lowest BCUT2D eigenvalue weighted by Gasteiger charge is -2.34. The number of hydrogen-bond donors (Lipinski definition) is 0. The van der Waals surface area contributed by atoms with E-state index in [4.69, 9.17) is 0 Å². The van der Waals surface area contributed by atoms with Gasteiger partial charge in [-0.3, -0.25) is 0 Å². The molecule has 0 saturated carbocycles. The minimum Gasteiger partial charge on any atom is -0.352 e. The van der Waals surface area contributed by atoms with E-state index in [-0.39, 0.29) is 0 Å². The third-order valence-corrected chi connectivity index (χ3v) is 8.33. The number of hydrogen-bond acceptors (Lipinski definition) is 5. The van der Waals surface area contributed by atoms with Gasteiger partial charge >= 0.3 is 0 Å². The summed E-state index contributed by atoms with van der Waals surface area (Å²) in [5.74, 6) is 0.777. The Bertz CT molecular complexity index is 1250. The monoisotopic (exact) mass is 450 g/mol. The Morgan fingerprint density at radius 1 is 0.719 bits per heavy atom. The minimum atomic E-state index is -3.51. The molecule has 2 aromatic carbocycles. The summed E-state index contributed by atoms with van der Waals surface area (Å²) in [6, 6.07) is 13.9. The molecule has 0 spiro atoms. The van der Waals surface area contributed by atoms with E-state index in [1.807, 2.05) is 38.1 Å². The van der Waals surface area contributed by atoms with Crippen LogP contribution in [0.1, 0.15) is 27.8 Å². The number of rotatable bonds is 4. The molecule has 0 N–H and O–H groups in total. The van der Waals surface area contributed by atoms with Crippen molar-refractivity contribution < 1.29 is 8.42 Å². The molecule has 0 aliphatic carbocycles. The molecule has 2 heterocycles. The molecule has 0 unspecified atom stereocenters. The molecular weight excluding hydrogens is 420 g/mol. The van der Waals surface area contributed by atoms with Crippen LogP contribution in [0.2, 0.25) is 0 Å². The fraction of sp³-hybridized carbons (Fsp3) is 0.360. The fourth-order valence-corrected chi connectivity index (χ4v) is 5.89. The van der Waals surface area contributed by atoms with Gasteiger partial charge in [0.2, 0.25) is 10.0 Å². The third-order valence-electron chi connectivity index (χ3n) is 6.29. The highest BCUT2D eigenvalue weighted by atomic mass is 32.2. The lowest BCUT2D eigenvalue weighted by Crippen LogP contribution is -2.49. The number of benzene rings is 2. The molecule has 0 atom stereocenters. The predicted molar refractivity (Wildman–Crippen MR) is 129 cm³/mol. The molecule has 1 fully saturated rings. The van der Waals surface area contributed by atoms with E-state index in [2.05, 4.69) is 48.0 Å².